The fourth-order valence-electron chi connectivity index (χ4n) is 1.74. The van der Waals surface area contributed by atoms with Gasteiger partial charge in [0, 0.05) is 6.20 Å². The minimum atomic E-state index is -0.894. The fourth-order valence-corrected chi connectivity index (χ4v) is 1.74. The maximum Gasteiger partial charge on any atom is 0.320 e. The molecule has 1 aliphatic rings. The number of nitrogens with two attached hydrogens (primary N) is 1. The molecule has 19 heavy (non-hydrogen) atoms. The maximum atomic E-state index is 11.8. The molecule has 4 N–H and O–H groups in total. The highest BCUT2D eigenvalue weighted by Gasteiger charge is 2.50. The fraction of sp³-hybridized carbons (Fsp3) is 0.417. The lowest BCUT2D eigenvalue weighted by Crippen LogP contribution is -2.48. The van der Waals surface area contributed by atoms with Gasteiger partial charge in [0.15, 0.2) is 0 Å². The highest BCUT2D eigenvalue weighted by atomic mass is 16.5. The van der Waals surface area contributed by atoms with Gasteiger partial charge in [-0.3, -0.25) is 4.79 Å². The Morgan fingerprint density at radius 2 is 2.16 bits per heavy atom. The number of carbonyl (C=O) groups is 2. The molecule has 0 radical (unpaired) electrons. The van der Waals surface area contributed by atoms with Crippen LogP contribution in [0.25, 0.3) is 0 Å². The minimum Gasteiger partial charge on any atom is -0.480 e. The first-order chi connectivity index (χ1) is 8.97. The second-order valence-corrected chi connectivity index (χ2v) is 4.59. The summed E-state index contributed by atoms with van der Waals surface area (Å²) in [5.74, 6) is -0.207. The zero-order chi connectivity index (χ0) is 14.0. The first kappa shape index (κ1) is 13.1. The van der Waals surface area contributed by atoms with Crippen LogP contribution in [0.5, 0.6) is 5.88 Å². The Kier molecular flexibility index (Phi) is 3.28. The molecule has 0 aromatic carbocycles. The summed E-state index contributed by atoms with van der Waals surface area (Å²) in [6, 6.07) is 1.23. The molecule has 0 spiro atoms. The first-order valence-corrected chi connectivity index (χ1v) is 5.86. The van der Waals surface area contributed by atoms with E-state index in [1.807, 2.05) is 6.92 Å². The largest absolute Gasteiger partial charge is 0.480 e. The normalized spacial score (nSPS) is 15.5. The van der Waals surface area contributed by atoms with Crippen LogP contribution >= 0.6 is 0 Å². The zero-order valence-corrected chi connectivity index (χ0v) is 10.8. The van der Waals surface area contributed by atoms with Gasteiger partial charge in [-0.2, -0.15) is 0 Å². The van der Waals surface area contributed by atoms with Gasteiger partial charge in [0.05, 0.1) is 7.11 Å². The molecule has 0 bridgehead atoms. The van der Waals surface area contributed by atoms with Crippen LogP contribution in [0, 0.1) is 6.92 Å². The molecule has 2 rings (SSSR count). The number of aromatic nitrogens is 1. The standard InChI is InChI=1S/C12H16N4O3/c1-7-5-8(9(19-2)14-6-7)15-11(18)16-12(3-4-12)10(13)17/h5-6H,3-4H2,1-2H3,(H2,13,17)(H2,15,16,18). The molecule has 3 amide bonds. The smallest absolute Gasteiger partial charge is 0.320 e. The lowest BCUT2D eigenvalue weighted by Gasteiger charge is -2.15. The van der Waals surface area contributed by atoms with Crippen molar-refractivity contribution in [3.8, 4) is 5.88 Å². The number of rotatable bonds is 4. The van der Waals surface area contributed by atoms with Crippen LogP contribution in [0.15, 0.2) is 12.3 Å². The third-order valence-corrected chi connectivity index (χ3v) is 3.00. The van der Waals surface area contributed by atoms with E-state index in [1.165, 1.54) is 7.11 Å². The van der Waals surface area contributed by atoms with Gasteiger partial charge in [0.25, 0.3) is 0 Å². The average molecular weight is 264 g/mol. The zero-order valence-electron chi connectivity index (χ0n) is 10.8. The predicted octanol–water partition coefficient (Wildman–Crippen LogP) is 0.538. The van der Waals surface area contributed by atoms with Gasteiger partial charge in [0.2, 0.25) is 11.8 Å². The SMILES string of the molecule is COc1ncc(C)cc1NC(=O)NC1(C(N)=O)CC1. The van der Waals surface area contributed by atoms with Gasteiger partial charge >= 0.3 is 6.03 Å². The number of aryl methyl sites for hydroxylation is 1. The van der Waals surface area contributed by atoms with Gasteiger partial charge < -0.3 is 21.1 Å². The molecule has 1 aromatic rings. The lowest BCUT2D eigenvalue weighted by atomic mass is 10.2. The molecule has 7 nitrogen and oxygen atoms in total. The molecule has 1 aliphatic carbocycles. The molecular weight excluding hydrogens is 248 g/mol. The van der Waals surface area contributed by atoms with Gasteiger partial charge in [-0.1, -0.05) is 0 Å². The van der Waals surface area contributed by atoms with Crippen LogP contribution in [0.1, 0.15) is 18.4 Å². The number of urea groups is 1. The summed E-state index contributed by atoms with van der Waals surface area (Å²) >= 11 is 0. The van der Waals surface area contributed by atoms with E-state index in [2.05, 4.69) is 15.6 Å². The second kappa shape index (κ2) is 4.75. The Bertz CT molecular complexity index is 526. The van der Waals surface area contributed by atoms with Crippen LogP contribution in [-0.2, 0) is 4.79 Å². The van der Waals surface area contributed by atoms with Crippen LogP contribution in [0.2, 0.25) is 0 Å². The summed E-state index contributed by atoms with van der Waals surface area (Å²) in [5.41, 5.74) is 5.67. The van der Waals surface area contributed by atoms with E-state index < -0.39 is 17.5 Å². The third kappa shape index (κ3) is 2.75. The molecule has 0 atom stereocenters. The Morgan fingerprint density at radius 3 is 2.68 bits per heavy atom. The van der Waals surface area contributed by atoms with Crippen molar-refractivity contribution in [3.63, 3.8) is 0 Å². The monoisotopic (exact) mass is 264 g/mol. The number of nitrogens with zero attached hydrogens (tertiary/aromatic N) is 1. The highest BCUT2D eigenvalue weighted by molar-refractivity contribution is 5.97. The molecule has 0 unspecified atom stereocenters. The van der Waals surface area contributed by atoms with Crippen LogP contribution in [-0.4, -0.2) is 29.6 Å². The summed E-state index contributed by atoms with van der Waals surface area (Å²) in [7, 11) is 1.46. The summed E-state index contributed by atoms with van der Waals surface area (Å²) in [6.07, 6.45) is 2.77. The van der Waals surface area contributed by atoms with Crippen molar-refractivity contribution >= 4 is 17.6 Å². The summed E-state index contributed by atoms with van der Waals surface area (Å²) in [4.78, 5) is 27.1. The number of methoxy groups -OCH3 is 1. The second-order valence-electron chi connectivity index (χ2n) is 4.59. The lowest BCUT2D eigenvalue weighted by molar-refractivity contribution is -0.120. The topological polar surface area (TPSA) is 106 Å². The Labute approximate surface area is 110 Å². The number of carbonyl (C=O) groups excluding carboxylic acids is 2. The Hall–Kier alpha value is -2.31. The number of pyridine rings is 1. The number of primary amides is 1. The summed E-state index contributed by atoms with van der Waals surface area (Å²) in [6.45, 7) is 1.85. The molecule has 1 fully saturated rings. The predicted molar refractivity (Wildman–Crippen MR) is 68.8 cm³/mol. The average Bonchev–Trinajstić information content (AvgIpc) is 3.10. The molecule has 102 valence electrons. The molecule has 1 aromatic heterocycles. The van der Waals surface area contributed by atoms with E-state index in [0.29, 0.717) is 24.4 Å². The highest BCUT2D eigenvalue weighted by Crippen LogP contribution is 2.35. The van der Waals surface area contributed by atoms with Crippen LogP contribution < -0.4 is 21.1 Å². The van der Waals surface area contributed by atoms with Crippen molar-refractivity contribution < 1.29 is 14.3 Å². The molecule has 1 saturated carbocycles. The van der Waals surface area contributed by atoms with Gasteiger partial charge in [-0.25, -0.2) is 9.78 Å². The number of anilines is 1. The number of hydrogen-bond acceptors (Lipinski definition) is 4. The van der Waals surface area contributed by atoms with Gasteiger partial charge in [0.1, 0.15) is 11.2 Å². The number of nitrogens with one attached hydrogen (secondary N) is 2. The number of hydrogen-bond donors (Lipinski definition) is 3. The minimum absolute atomic E-state index is 0.310. The van der Waals surface area contributed by atoms with E-state index in [9.17, 15) is 9.59 Å². The molecule has 1 heterocycles. The summed E-state index contributed by atoms with van der Waals surface area (Å²) < 4.78 is 5.05. The molecule has 7 heteroatoms. The quantitative estimate of drug-likeness (QED) is 0.737. The van der Waals surface area contributed by atoms with Crippen molar-refractivity contribution in [2.24, 2.45) is 5.73 Å². The number of amides is 3. The van der Waals surface area contributed by atoms with Crippen molar-refractivity contribution in [2.75, 3.05) is 12.4 Å². The Balaban J connectivity index is 2.07. The maximum absolute atomic E-state index is 11.8. The molecular formula is C12H16N4O3. The van der Waals surface area contributed by atoms with E-state index in [1.54, 1.807) is 12.3 Å². The van der Waals surface area contributed by atoms with Crippen molar-refractivity contribution in [1.82, 2.24) is 10.3 Å². The van der Waals surface area contributed by atoms with Gasteiger partial charge in [-0.05, 0) is 31.4 Å². The van der Waals surface area contributed by atoms with Crippen molar-refractivity contribution in [1.29, 1.82) is 0 Å². The van der Waals surface area contributed by atoms with E-state index in [-0.39, 0.29) is 0 Å². The van der Waals surface area contributed by atoms with Crippen molar-refractivity contribution in [3.05, 3.63) is 17.8 Å². The van der Waals surface area contributed by atoms with E-state index >= 15 is 0 Å². The van der Waals surface area contributed by atoms with Crippen molar-refractivity contribution in [2.45, 2.75) is 25.3 Å². The molecule has 0 aliphatic heterocycles. The number of ether oxygens (including phenoxy) is 1. The third-order valence-electron chi connectivity index (χ3n) is 3.00. The van der Waals surface area contributed by atoms with Gasteiger partial charge in [-0.15, -0.1) is 0 Å². The van der Waals surface area contributed by atoms with Crippen LogP contribution in [0.3, 0.4) is 0 Å². The Morgan fingerprint density at radius 1 is 1.47 bits per heavy atom. The van der Waals surface area contributed by atoms with E-state index in [4.69, 9.17) is 10.5 Å². The summed E-state index contributed by atoms with van der Waals surface area (Å²) in [5, 5.41) is 5.19. The first-order valence-electron chi connectivity index (χ1n) is 5.86. The molecule has 0 saturated heterocycles. The van der Waals surface area contributed by atoms with E-state index in [0.717, 1.165) is 5.56 Å². The van der Waals surface area contributed by atoms with Crippen LogP contribution in [0.4, 0.5) is 10.5 Å².